The summed E-state index contributed by atoms with van der Waals surface area (Å²) in [4.78, 5) is 18.3. The normalized spacial score (nSPS) is 18.1. The first kappa shape index (κ1) is 27.1. The fraction of sp³-hybridized carbons (Fsp3) is 0.393. The molecule has 2 aliphatic rings. The second-order valence-corrected chi connectivity index (χ2v) is 12.7. The van der Waals surface area contributed by atoms with Crippen molar-refractivity contribution >= 4 is 51.0 Å². The number of aromatic nitrogens is 3. The summed E-state index contributed by atoms with van der Waals surface area (Å²) < 4.78 is 14.5. The van der Waals surface area contributed by atoms with Gasteiger partial charge in [-0.2, -0.15) is 4.98 Å². The van der Waals surface area contributed by atoms with E-state index in [1.807, 2.05) is 41.1 Å². The van der Waals surface area contributed by atoms with Gasteiger partial charge in [-0.25, -0.2) is 4.68 Å². The van der Waals surface area contributed by atoms with E-state index in [1.54, 1.807) is 18.9 Å². The van der Waals surface area contributed by atoms with Gasteiger partial charge in [-0.05, 0) is 69.6 Å². The summed E-state index contributed by atoms with van der Waals surface area (Å²) in [6.07, 6.45) is 2.26. The standard InChI is InChI=1S/C28H30BrClN4O3S/c1-5-10-38-27-32-26-31-20-13-28(2,3)14-21(35)23(20)24(34(26)33-27)17-11-19(29)25(22(12-17)36-4)37-15-16-6-8-18(30)9-7-16/h6-9,11-12,24H,5,10,13-15H2,1-4H3,(H,31,32,33). The van der Waals surface area contributed by atoms with E-state index in [-0.39, 0.29) is 11.2 Å². The minimum absolute atomic E-state index is 0.121. The molecule has 1 N–H and O–H groups in total. The number of Topliss-reactive ketones (excluding diaryl/α,β-unsaturated/α-hetero) is 1. The van der Waals surface area contributed by atoms with Crippen molar-refractivity contribution in [3.8, 4) is 11.5 Å². The summed E-state index contributed by atoms with van der Waals surface area (Å²) in [7, 11) is 1.61. The zero-order valence-corrected chi connectivity index (χ0v) is 25.0. The minimum Gasteiger partial charge on any atom is -0.493 e. The Balaban J connectivity index is 1.55. The third-order valence-corrected chi connectivity index (χ3v) is 8.50. The van der Waals surface area contributed by atoms with Crippen molar-refractivity contribution in [2.45, 2.75) is 57.8 Å². The van der Waals surface area contributed by atoms with Gasteiger partial charge < -0.3 is 14.8 Å². The summed E-state index contributed by atoms with van der Waals surface area (Å²) >= 11 is 11.3. The molecule has 1 atom stereocenters. The molecule has 0 saturated heterocycles. The van der Waals surface area contributed by atoms with Gasteiger partial charge in [0.1, 0.15) is 12.6 Å². The maximum Gasteiger partial charge on any atom is 0.227 e. The lowest BCUT2D eigenvalue weighted by Gasteiger charge is -2.38. The molecule has 38 heavy (non-hydrogen) atoms. The molecule has 1 unspecified atom stereocenters. The number of hydrogen-bond acceptors (Lipinski definition) is 7. The predicted molar refractivity (Wildman–Crippen MR) is 154 cm³/mol. The number of ether oxygens (including phenoxy) is 2. The van der Waals surface area contributed by atoms with Crippen LogP contribution in [-0.2, 0) is 11.4 Å². The number of nitrogens with zero attached hydrogens (tertiary/aromatic N) is 3. The van der Waals surface area contributed by atoms with Crippen molar-refractivity contribution in [3.05, 3.63) is 68.3 Å². The lowest BCUT2D eigenvalue weighted by molar-refractivity contribution is -0.118. The van der Waals surface area contributed by atoms with Gasteiger partial charge >= 0.3 is 0 Å². The van der Waals surface area contributed by atoms with E-state index in [4.69, 9.17) is 31.2 Å². The first-order chi connectivity index (χ1) is 18.2. The van der Waals surface area contributed by atoms with Crippen LogP contribution in [0.1, 0.15) is 57.2 Å². The van der Waals surface area contributed by atoms with Gasteiger partial charge in [-0.15, -0.1) is 5.10 Å². The van der Waals surface area contributed by atoms with Crippen molar-refractivity contribution in [2.75, 3.05) is 18.2 Å². The highest BCUT2D eigenvalue weighted by molar-refractivity contribution is 9.10. The Morgan fingerprint density at radius 1 is 1.24 bits per heavy atom. The van der Waals surface area contributed by atoms with E-state index < -0.39 is 6.04 Å². The lowest BCUT2D eigenvalue weighted by atomic mass is 9.73. The summed E-state index contributed by atoms with van der Waals surface area (Å²) in [6.45, 7) is 6.73. The lowest BCUT2D eigenvalue weighted by Crippen LogP contribution is -2.36. The average Bonchev–Trinajstić information content (AvgIpc) is 3.27. The monoisotopic (exact) mass is 616 g/mol. The maximum absolute atomic E-state index is 13.6. The molecule has 1 aliphatic carbocycles. The predicted octanol–water partition coefficient (Wildman–Crippen LogP) is 7.44. The van der Waals surface area contributed by atoms with Crippen molar-refractivity contribution in [2.24, 2.45) is 5.41 Å². The van der Waals surface area contributed by atoms with Crippen LogP contribution in [0.15, 0.2) is 57.3 Å². The Labute approximate surface area is 240 Å². The van der Waals surface area contributed by atoms with Gasteiger partial charge in [0.2, 0.25) is 11.1 Å². The molecule has 0 fully saturated rings. The number of carbonyl (C=O) groups is 1. The second-order valence-electron chi connectivity index (χ2n) is 10.3. The maximum atomic E-state index is 13.6. The molecule has 5 rings (SSSR count). The van der Waals surface area contributed by atoms with Crippen LogP contribution in [0.2, 0.25) is 5.02 Å². The largest absolute Gasteiger partial charge is 0.493 e. The van der Waals surface area contributed by atoms with Gasteiger partial charge in [-0.3, -0.25) is 4.79 Å². The molecular formula is C28H30BrClN4O3S. The van der Waals surface area contributed by atoms with E-state index in [9.17, 15) is 4.79 Å². The van der Waals surface area contributed by atoms with Crippen molar-refractivity contribution < 1.29 is 14.3 Å². The number of hydrogen-bond donors (Lipinski definition) is 1. The molecule has 10 heteroatoms. The molecule has 0 saturated carbocycles. The Morgan fingerprint density at radius 2 is 2.00 bits per heavy atom. The number of anilines is 1. The highest BCUT2D eigenvalue weighted by Gasteiger charge is 2.42. The van der Waals surface area contributed by atoms with Crippen LogP contribution in [-0.4, -0.2) is 33.4 Å². The average molecular weight is 618 g/mol. The van der Waals surface area contributed by atoms with E-state index in [2.05, 4.69) is 42.0 Å². The number of carbonyl (C=O) groups excluding carboxylic acids is 1. The topological polar surface area (TPSA) is 78.3 Å². The van der Waals surface area contributed by atoms with E-state index in [1.165, 1.54) is 0 Å². The number of allylic oxidation sites excluding steroid dienone is 2. The number of fused-ring (bicyclic) bond motifs is 1. The fourth-order valence-electron chi connectivity index (χ4n) is 4.93. The third kappa shape index (κ3) is 5.46. The zero-order valence-electron chi connectivity index (χ0n) is 21.8. The number of halogens is 2. The highest BCUT2D eigenvalue weighted by Crippen LogP contribution is 2.48. The molecule has 2 aromatic carbocycles. The molecule has 0 radical (unpaired) electrons. The number of thioether (sulfide) groups is 1. The molecule has 3 aromatic rings. The number of methoxy groups -OCH3 is 1. The second kappa shape index (κ2) is 10.9. The third-order valence-electron chi connectivity index (χ3n) is 6.61. The smallest absolute Gasteiger partial charge is 0.227 e. The van der Waals surface area contributed by atoms with Crippen LogP contribution < -0.4 is 14.8 Å². The van der Waals surface area contributed by atoms with Crippen LogP contribution in [0.4, 0.5) is 5.95 Å². The van der Waals surface area contributed by atoms with E-state index >= 15 is 0 Å². The molecule has 0 bridgehead atoms. The first-order valence-electron chi connectivity index (χ1n) is 12.6. The number of nitrogens with one attached hydrogen (secondary N) is 1. The Hall–Kier alpha value is -2.49. The Bertz CT molecular complexity index is 1400. The van der Waals surface area contributed by atoms with Crippen LogP contribution >= 0.6 is 39.3 Å². The molecular weight excluding hydrogens is 588 g/mol. The molecule has 0 amide bonds. The molecule has 0 spiro atoms. The summed E-state index contributed by atoms with van der Waals surface area (Å²) in [6, 6.07) is 11.0. The quantitative estimate of drug-likeness (QED) is 0.263. The SMILES string of the molecule is CCCSc1nc2n(n1)C(c1cc(Br)c(OCc3ccc(Cl)cc3)c(OC)c1)C1=C(CC(C)(C)CC1=O)N2. The summed E-state index contributed by atoms with van der Waals surface area (Å²) in [5, 5.41) is 9.63. The molecule has 1 aromatic heterocycles. The number of rotatable bonds is 8. The van der Waals surface area contributed by atoms with Gasteiger partial charge in [0.05, 0.1) is 11.6 Å². The molecule has 1 aliphatic heterocycles. The first-order valence-corrected chi connectivity index (χ1v) is 14.7. The molecule has 7 nitrogen and oxygen atoms in total. The van der Waals surface area contributed by atoms with E-state index in [0.717, 1.165) is 45.5 Å². The summed E-state index contributed by atoms with van der Waals surface area (Å²) in [5.41, 5.74) is 3.37. The fourth-order valence-corrected chi connectivity index (χ4v) is 6.31. The van der Waals surface area contributed by atoms with Crippen molar-refractivity contribution in [1.29, 1.82) is 0 Å². The van der Waals surface area contributed by atoms with Gasteiger partial charge in [0.25, 0.3) is 0 Å². The minimum atomic E-state index is -0.427. The van der Waals surface area contributed by atoms with Crippen molar-refractivity contribution in [3.63, 3.8) is 0 Å². The Kier molecular flexibility index (Phi) is 7.80. The highest BCUT2D eigenvalue weighted by atomic mass is 79.9. The van der Waals surface area contributed by atoms with Crippen molar-refractivity contribution in [1.82, 2.24) is 14.8 Å². The van der Waals surface area contributed by atoms with Crippen LogP contribution in [0.5, 0.6) is 11.5 Å². The zero-order chi connectivity index (χ0) is 27.0. The van der Waals surface area contributed by atoms with Crippen LogP contribution in [0.25, 0.3) is 0 Å². The van der Waals surface area contributed by atoms with Gasteiger partial charge in [-0.1, -0.05) is 56.3 Å². The molecule has 2 heterocycles. The number of ketones is 1. The van der Waals surface area contributed by atoms with Crippen LogP contribution in [0, 0.1) is 5.41 Å². The van der Waals surface area contributed by atoms with E-state index in [0.29, 0.717) is 40.7 Å². The van der Waals surface area contributed by atoms with Gasteiger partial charge in [0, 0.05) is 28.5 Å². The van der Waals surface area contributed by atoms with Crippen LogP contribution in [0.3, 0.4) is 0 Å². The summed E-state index contributed by atoms with van der Waals surface area (Å²) in [5.74, 6) is 2.84. The molecule has 200 valence electrons. The Morgan fingerprint density at radius 3 is 2.71 bits per heavy atom. The van der Waals surface area contributed by atoms with Gasteiger partial charge in [0.15, 0.2) is 17.3 Å². The number of benzene rings is 2.